The van der Waals surface area contributed by atoms with Gasteiger partial charge < -0.3 is 9.64 Å². The number of likely N-dealkylation sites (tertiary alicyclic amines) is 1. The molecule has 0 radical (unpaired) electrons. The van der Waals surface area contributed by atoms with Crippen LogP contribution in [0.2, 0.25) is 0 Å². The van der Waals surface area contributed by atoms with Gasteiger partial charge in [-0.15, -0.1) is 0 Å². The van der Waals surface area contributed by atoms with Gasteiger partial charge in [0.05, 0.1) is 5.92 Å². The largest absolute Gasteiger partial charge is 0.384 e. The van der Waals surface area contributed by atoms with Crippen molar-refractivity contribution in [2.75, 3.05) is 26.8 Å². The van der Waals surface area contributed by atoms with Crippen LogP contribution in [-0.2, 0) is 9.53 Å². The predicted molar refractivity (Wildman–Crippen MR) is 54.2 cm³/mol. The fourth-order valence-electron chi connectivity index (χ4n) is 2.21. The minimum Gasteiger partial charge on any atom is -0.384 e. The Morgan fingerprint density at radius 1 is 1.47 bits per heavy atom. The highest BCUT2D eigenvalue weighted by Gasteiger charge is 2.45. The second-order valence-corrected chi connectivity index (χ2v) is 4.58. The van der Waals surface area contributed by atoms with Gasteiger partial charge in [0.2, 0.25) is 5.91 Å². The third-order valence-corrected chi connectivity index (χ3v) is 3.36. The topological polar surface area (TPSA) is 29.5 Å². The first-order valence-electron chi connectivity index (χ1n) is 5.64. The number of ether oxygens (including phenoxy) is 1. The monoisotopic (exact) mass is 215 g/mol. The Hall–Kier alpha value is -0.640. The number of hydrogen-bond donors (Lipinski definition) is 0. The van der Waals surface area contributed by atoms with Gasteiger partial charge in [-0.2, -0.15) is 0 Å². The van der Waals surface area contributed by atoms with Gasteiger partial charge in [0.25, 0.3) is 0 Å². The van der Waals surface area contributed by atoms with Gasteiger partial charge in [0.1, 0.15) is 6.17 Å². The normalized spacial score (nSPS) is 31.7. The molecule has 0 aromatic carbocycles. The van der Waals surface area contributed by atoms with Crippen LogP contribution >= 0.6 is 0 Å². The van der Waals surface area contributed by atoms with Gasteiger partial charge in [-0.1, -0.05) is 0 Å². The van der Waals surface area contributed by atoms with Crippen LogP contribution in [0, 0.1) is 11.8 Å². The average molecular weight is 215 g/mol. The summed E-state index contributed by atoms with van der Waals surface area (Å²) in [6.45, 7) is 2.32. The lowest BCUT2D eigenvalue weighted by molar-refractivity contribution is -0.134. The molecule has 0 N–H and O–H groups in total. The summed E-state index contributed by atoms with van der Waals surface area (Å²) in [6, 6.07) is 0. The average Bonchev–Trinajstić information content (AvgIpc) is 2.96. The van der Waals surface area contributed by atoms with Crippen LogP contribution < -0.4 is 0 Å². The molecule has 1 saturated heterocycles. The molecule has 3 nitrogen and oxygen atoms in total. The summed E-state index contributed by atoms with van der Waals surface area (Å²) >= 11 is 0. The van der Waals surface area contributed by atoms with Gasteiger partial charge in [0, 0.05) is 26.8 Å². The third kappa shape index (κ3) is 2.48. The van der Waals surface area contributed by atoms with Gasteiger partial charge in [-0.25, -0.2) is 4.39 Å². The molecule has 4 heteroatoms. The van der Waals surface area contributed by atoms with Crippen molar-refractivity contribution in [1.29, 1.82) is 0 Å². The molecule has 1 aliphatic heterocycles. The van der Waals surface area contributed by atoms with E-state index in [0.717, 1.165) is 32.5 Å². The number of piperidine rings is 1. The molecule has 1 unspecified atom stereocenters. The van der Waals surface area contributed by atoms with Crippen LogP contribution in [0.1, 0.15) is 19.3 Å². The standard InChI is InChI=1S/C11H18FNO2/c1-15-7-8-2-4-13(5-3-8)11(14)9-6-10(9)12/h8-10H,2-7H2,1H3/t9?,10-/m1/s1. The van der Waals surface area contributed by atoms with E-state index in [9.17, 15) is 9.18 Å². The van der Waals surface area contributed by atoms with E-state index in [1.807, 2.05) is 4.90 Å². The molecular formula is C11H18FNO2. The molecule has 0 aromatic heterocycles. The Bertz CT molecular complexity index is 239. The van der Waals surface area contributed by atoms with Crippen LogP contribution in [-0.4, -0.2) is 43.8 Å². The van der Waals surface area contributed by atoms with Crippen LogP contribution in [0.5, 0.6) is 0 Å². The van der Waals surface area contributed by atoms with E-state index < -0.39 is 6.17 Å². The van der Waals surface area contributed by atoms with Crippen molar-refractivity contribution in [2.24, 2.45) is 11.8 Å². The molecule has 86 valence electrons. The number of rotatable bonds is 3. The Labute approximate surface area is 89.6 Å². The second-order valence-electron chi connectivity index (χ2n) is 4.58. The maximum Gasteiger partial charge on any atom is 0.228 e. The molecule has 0 aromatic rings. The van der Waals surface area contributed by atoms with Crippen LogP contribution in [0.15, 0.2) is 0 Å². The van der Waals surface area contributed by atoms with E-state index in [2.05, 4.69) is 0 Å². The number of methoxy groups -OCH3 is 1. The molecule has 2 atom stereocenters. The summed E-state index contributed by atoms with van der Waals surface area (Å²) in [7, 11) is 1.70. The Morgan fingerprint density at radius 2 is 2.07 bits per heavy atom. The van der Waals surface area contributed by atoms with E-state index in [1.54, 1.807) is 7.11 Å². The van der Waals surface area contributed by atoms with Gasteiger partial charge in [0.15, 0.2) is 0 Å². The highest BCUT2D eigenvalue weighted by Crippen LogP contribution is 2.36. The van der Waals surface area contributed by atoms with Crippen molar-refractivity contribution in [2.45, 2.75) is 25.4 Å². The number of carbonyl (C=O) groups is 1. The molecule has 1 heterocycles. The Morgan fingerprint density at radius 3 is 2.53 bits per heavy atom. The first-order chi connectivity index (χ1) is 7.22. The predicted octanol–water partition coefficient (Wildman–Crippen LogP) is 1.23. The molecule has 1 aliphatic carbocycles. The molecule has 1 amide bonds. The summed E-state index contributed by atoms with van der Waals surface area (Å²) in [6.07, 6.45) is 1.55. The van der Waals surface area contributed by atoms with E-state index in [0.29, 0.717) is 12.3 Å². The second kappa shape index (κ2) is 4.47. The summed E-state index contributed by atoms with van der Waals surface area (Å²) in [5.41, 5.74) is 0. The lowest BCUT2D eigenvalue weighted by atomic mass is 9.97. The van der Waals surface area contributed by atoms with E-state index in [1.165, 1.54) is 0 Å². The van der Waals surface area contributed by atoms with E-state index >= 15 is 0 Å². The maximum atomic E-state index is 12.7. The van der Waals surface area contributed by atoms with Crippen LogP contribution in [0.3, 0.4) is 0 Å². The number of carbonyl (C=O) groups excluding carboxylic acids is 1. The molecule has 1 saturated carbocycles. The zero-order valence-corrected chi connectivity index (χ0v) is 9.12. The summed E-state index contributed by atoms with van der Waals surface area (Å²) < 4.78 is 17.8. The smallest absolute Gasteiger partial charge is 0.228 e. The summed E-state index contributed by atoms with van der Waals surface area (Å²) in [5.74, 6) is 0.279. The highest BCUT2D eigenvalue weighted by atomic mass is 19.1. The van der Waals surface area contributed by atoms with Gasteiger partial charge >= 0.3 is 0 Å². The fourth-order valence-corrected chi connectivity index (χ4v) is 2.21. The minimum atomic E-state index is -0.866. The van der Waals surface area contributed by atoms with E-state index in [-0.39, 0.29) is 11.8 Å². The first kappa shape index (κ1) is 10.9. The summed E-state index contributed by atoms with van der Waals surface area (Å²) in [4.78, 5) is 13.5. The van der Waals surface area contributed by atoms with Gasteiger partial charge in [-0.3, -0.25) is 4.79 Å². The Kier molecular flexibility index (Phi) is 3.24. The molecule has 0 spiro atoms. The van der Waals surface area contributed by atoms with Gasteiger partial charge in [-0.05, 0) is 25.2 Å². The molecule has 15 heavy (non-hydrogen) atoms. The highest BCUT2D eigenvalue weighted by molar-refractivity contribution is 5.82. The number of halogens is 1. The molecular weight excluding hydrogens is 197 g/mol. The third-order valence-electron chi connectivity index (χ3n) is 3.36. The Balaban J connectivity index is 1.75. The zero-order valence-electron chi connectivity index (χ0n) is 9.12. The molecule has 2 fully saturated rings. The summed E-state index contributed by atoms with van der Waals surface area (Å²) in [5, 5.41) is 0. The number of hydrogen-bond acceptors (Lipinski definition) is 2. The van der Waals surface area contributed by atoms with Crippen molar-refractivity contribution in [3.05, 3.63) is 0 Å². The van der Waals surface area contributed by atoms with Crippen molar-refractivity contribution >= 4 is 5.91 Å². The lowest BCUT2D eigenvalue weighted by Crippen LogP contribution is -2.40. The van der Waals surface area contributed by atoms with Crippen molar-refractivity contribution in [3.63, 3.8) is 0 Å². The fraction of sp³-hybridized carbons (Fsp3) is 0.909. The van der Waals surface area contributed by atoms with Crippen LogP contribution in [0.25, 0.3) is 0 Å². The zero-order chi connectivity index (χ0) is 10.8. The van der Waals surface area contributed by atoms with Crippen molar-refractivity contribution in [1.82, 2.24) is 4.90 Å². The molecule has 0 bridgehead atoms. The van der Waals surface area contributed by atoms with E-state index in [4.69, 9.17) is 4.74 Å². The molecule has 2 rings (SSSR count). The van der Waals surface area contributed by atoms with Crippen molar-refractivity contribution < 1.29 is 13.9 Å². The quantitative estimate of drug-likeness (QED) is 0.708. The maximum absolute atomic E-state index is 12.7. The number of amides is 1. The number of nitrogens with zero attached hydrogens (tertiary/aromatic N) is 1. The molecule has 2 aliphatic rings. The lowest BCUT2D eigenvalue weighted by Gasteiger charge is -2.31. The van der Waals surface area contributed by atoms with Crippen LogP contribution in [0.4, 0.5) is 4.39 Å². The SMILES string of the molecule is COCC1CCN(C(=O)C2C[C@H]2F)CC1. The first-order valence-corrected chi connectivity index (χ1v) is 5.64. The van der Waals surface area contributed by atoms with Crippen molar-refractivity contribution in [3.8, 4) is 0 Å². The minimum absolute atomic E-state index is 0.0263. The number of alkyl halides is 1.